The lowest BCUT2D eigenvalue weighted by molar-refractivity contribution is -0.138. The molecule has 3 rings (SSSR count). The highest BCUT2D eigenvalue weighted by molar-refractivity contribution is 5.95. The van der Waals surface area contributed by atoms with Gasteiger partial charge < -0.3 is 9.72 Å². The second-order valence-corrected chi connectivity index (χ2v) is 5.23. The van der Waals surface area contributed by atoms with Crippen LogP contribution in [0.1, 0.15) is 27.3 Å². The number of alkyl halides is 3. The predicted octanol–water partition coefficient (Wildman–Crippen LogP) is 2.99. The summed E-state index contributed by atoms with van der Waals surface area (Å²) in [5, 5.41) is 2.47. The van der Waals surface area contributed by atoms with Crippen molar-refractivity contribution in [1.82, 2.24) is 19.7 Å². The number of nitrogens with one attached hydrogen (secondary N) is 1. The van der Waals surface area contributed by atoms with Gasteiger partial charge in [0.1, 0.15) is 5.65 Å². The van der Waals surface area contributed by atoms with Crippen LogP contribution in [0.3, 0.4) is 0 Å². The first-order chi connectivity index (χ1) is 11.4. The average molecular weight is 334 g/mol. The zero-order valence-electron chi connectivity index (χ0n) is 12.6. The van der Waals surface area contributed by atoms with Crippen molar-refractivity contribution in [3.8, 4) is 0 Å². The number of hydrogen-bond donors (Lipinski definition) is 1. The molecule has 0 saturated carbocycles. The summed E-state index contributed by atoms with van der Waals surface area (Å²) in [7, 11) is 0. The topological polar surface area (TPSA) is 59.3 Å². The number of rotatable bonds is 3. The van der Waals surface area contributed by atoms with E-state index in [9.17, 15) is 18.0 Å². The van der Waals surface area contributed by atoms with E-state index in [4.69, 9.17) is 0 Å². The van der Waals surface area contributed by atoms with Gasteiger partial charge in [0, 0.05) is 24.3 Å². The van der Waals surface area contributed by atoms with Crippen molar-refractivity contribution in [1.29, 1.82) is 0 Å². The maximum absolute atomic E-state index is 12.9. The minimum absolute atomic E-state index is 0.0274. The number of halogens is 3. The summed E-state index contributed by atoms with van der Waals surface area (Å²) in [5.41, 5.74) is 0.705. The van der Waals surface area contributed by atoms with Gasteiger partial charge in [0.15, 0.2) is 0 Å². The van der Waals surface area contributed by atoms with E-state index in [-0.39, 0.29) is 6.54 Å². The van der Waals surface area contributed by atoms with Crippen LogP contribution in [0.5, 0.6) is 0 Å². The fraction of sp³-hybridized carbons (Fsp3) is 0.188. The highest BCUT2D eigenvalue weighted by Gasteiger charge is 2.35. The lowest BCUT2D eigenvalue weighted by Crippen LogP contribution is -2.26. The molecule has 0 fully saturated rings. The number of hydrogen-bond acceptors (Lipinski definition) is 3. The van der Waals surface area contributed by atoms with Gasteiger partial charge in [-0.2, -0.15) is 13.2 Å². The molecule has 3 heterocycles. The lowest BCUT2D eigenvalue weighted by atomic mass is 10.1. The molecule has 0 aromatic carbocycles. The zero-order valence-corrected chi connectivity index (χ0v) is 12.6. The Balaban J connectivity index is 1.79. The van der Waals surface area contributed by atoms with Gasteiger partial charge in [0.25, 0.3) is 5.91 Å². The maximum atomic E-state index is 12.9. The molecule has 3 aromatic heterocycles. The van der Waals surface area contributed by atoms with Crippen LogP contribution in [0.15, 0.2) is 42.9 Å². The summed E-state index contributed by atoms with van der Waals surface area (Å²) >= 11 is 0. The van der Waals surface area contributed by atoms with Crippen LogP contribution < -0.4 is 5.32 Å². The number of carbonyl (C=O) groups excluding carboxylic acids is 1. The van der Waals surface area contributed by atoms with E-state index < -0.39 is 23.2 Å². The van der Waals surface area contributed by atoms with Crippen molar-refractivity contribution in [3.05, 3.63) is 65.4 Å². The molecule has 0 unspecified atom stereocenters. The molecule has 0 bridgehead atoms. The van der Waals surface area contributed by atoms with Crippen molar-refractivity contribution in [2.75, 3.05) is 0 Å². The molecule has 0 aliphatic carbocycles. The first-order valence-electron chi connectivity index (χ1n) is 7.09. The molecule has 0 atom stereocenters. The Kier molecular flexibility index (Phi) is 3.96. The van der Waals surface area contributed by atoms with Crippen molar-refractivity contribution < 1.29 is 18.0 Å². The molecule has 0 radical (unpaired) electrons. The van der Waals surface area contributed by atoms with Gasteiger partial charge in [-0.1, -0.05) is 6.07 Å². The van der Waals surface area contributed by atoms with Gasteiger partial charge in [-0.3, -0.25) is 9.78 Å². The Morgan fingerprint density at radius 3 is 2.79 bits per heavy atom. The van der Waals surface area contributed by atoms with E-state index in [1.165, 1.54) is 0 Å². The normalized spacial score (nSPS) is 11.7. The van der Waals surface area contributed by atoms with Gasteiger partial charge in [-0.25, -0.2) is 4.98 Å². The third kappa shape index (κ3) is 3.08. The Labute approximate surface area is 135 Å². The van der Waals surface area contributed by atoms with Crippen LogP contribution >= 0.6 is 0 Å². The molecule has 0 aliphatic heterocycles. The number of pyridine rings is 2. The lowest BCUT2D eigenvalue weighted by Gasteiger charge is -2.11. The highest BCUT2D eigenvalue weighted by Crippen LogP contribution is 2.31. The van der Waals surface area contributed by atoms with E-state index >= 15 is 0 Å². The van der Waals surface area contributed by atoms with E-state index in [2.05, 4.69) is 15.3 Å². The molecule has 0 saturated heterocycles. The fourth-order valence-corrected chi connectivity index (χ4v) is 2.37. The number of aromatic nitrogens is 3. The third-order valence-corrected chi connectivity index (χ3v) is 3.55. The molecule has 1 amide bonds. The standard InChI is InChI=1S/C16H13F3N4O/c1-10-3-2-4-14-22-11(9-23(10)14)7-21-15(24)12-5-6-20-8-13(12)16(17,18)19/h2-6,8-9H,7H2,1H3,(H,21,24). The second kappa shape index (κ2) is 5.95. The zero-order chi connectivity index (χ0) is 17.3. The maximum Gasteiger partial charge on any atom is 0.418 e. The molecule has 0 aliphatic rings. The highest BCUT2D eigenvalue weighted by atomic mass is 19.4. The van der Waals surface area contributed by atoms with Crippen LogP contribution in [0.2, 0.25) is 0 Å². The van der Waals surface area contributed by atoms with Gasteiger partial charge in [-0.15, -0.1) is 0 Å². The van der Waals surface area contributed by atoms with E-state index in [0.29, 0.717) is 17.5 Å². The molecular formula is C16H13F3N4O. The number of fused-ring (bicyclic) bond motifs is 1. The Bertz CT molecular complexity index is 902. The summed E-state index contributed by atoms with van der Waals surface area (Å²) in [6, 6.07) is 6.62. The molecule has 24 heavy (non-hydrogen) atoms. The number of imidazole rings is 1. The first kappa shape index (κ1) is 16.0. The first-order valence-corrected chi connectivity index (χ1v) is 7.09. The summed E-state index contributed by atoms with van der Waals surface area (Å²) < 4.78 is 40.6. The molecule has 0 spiro atoms. The van der Waals surface area contributed by atoms with Crippen molar-refractivity contribution in [2.45, 2.75) is 19.6 Å². The second-order valence-electron chi connectivity index (χ2n) is 5.23. The smallest absolute Gasteiger partial charge is 0.346 e. The molecule has 3 aromatic rings. The Morgan fingerprint density at radius 1 is 1.29 bits per heavy atom. The Morgan fingerprint density at radius 2 is 2.08 bits per heavy atom. The number of carbonyl (C=O) groups is 1. The van der Waals surface area contributed by atoms with Crippen LogP contribution in [0, 0.1) is 6.92 Å². The SMILES string of the molecule is Cc1cccc2nc(CNC(=O)c3ccncc3C(F)(F)F)cn12. The number of amides is 1. The van der Waals surface area contributed by atoms with Gasteiger partial charge in [0.05, 0.1) is 23.4 Å². The molecule has 124 valence electrons. The van der Waals surface area contributed by atoms with E-state index in [1.807, 2.05) is 29.5 Å². The monoisotopic (exact) mass is 334 g/mol. The summed E-state index contributed by atoms with van der Waals surface area (Å²) in [6.07, 6.45) is -1.11. The van der Waals surface area contributed by atoms with Gasteiger partial charge >= 0.3 is 6.18 Å². The van der Waals surface area contributed by atoms with Crippen molar-refractivity contribution in [2.24, 2.45) is 0 Å². The number of aryl methyl sites for hydroxylation is 1. The minimum Gasteiger partial charge on any atom is -0.346 e. The molecule has 1 N–H and O–H groups in total. The summed E-state index contributed by atoms with van der Waals surface area (Å²) in [5.74, 6) is -0.821. The van der Waals surface area contributed by atoms with Crippen molar-refractivity contribution >= 4 is 11.6 Å². The van der Waals surface area contributed by atoms with Crippen LogP contribution in [0.4, 0.5) is 13.2 Å². The number of nitrogens with zero attached hydrogens (tertiary/aromatic N) is 3. The van der Waals surface area contributed by atoms with Gasteiger partial charge in [-0.05, 0) is 25.1 Å². The minimum atomic E-state index is -4.64. The molecule has 5 nitrogen and oxygen atoms in total. The van der Waals surface area contributed by atoms with Crippen molar-refractivity contribution in [3.63, 3.8) is 0 Å². The molecule has 8 heteroatoms. The Hall–Kier alpha value is -2.90. The van der Waals surface area contributed by atoms with E-state index in [1.54, 1.807) is 6.20 Å². The van der Waals surface area contributed by atoms with Crippen LogP contribution in [-0.2, 0) is 12.7 Å². The fourth-order valence-electron chi connectivity index (χ4n) is 2.37. The molecular weight excluding hydrogens is 321 g/mol. The largest absolute Gasteiger partial charge is 0.418 e. The van der Waals surface area contributed by atoms with E-state index in [0.717, 1.165) is 18.0 Å². The van der Waals surface area contributed by atoms with Gasteiger partial charge in [0.2, 0.25) is 0 Å². The average Bonchev–Trinajstić information content (AvgIpc) is 2.96. The van der Waals surface area contributed by atoms with Crippen LogP contribution in [0.25, 0.3) is 5.65 Å². The third-order valence-electron chi connectivity index (χ3n) is 3.55. The predicted molar refractivity (Wildman–Crippen MR) is 80.3 cm³/mol. The van der Waals surface area contributed by atoms with Crippen LogP contribution in [-0.4, -0.2) is 20.3 Å². The quantitative estimate of drug-likeness (QED) is 0.801. The summed E-state index contributed by atoms with van der Waals surface area (Å²) in [6.45, 7) is 1.93. The summed E-state index contributed by atoms with van der Waals surface area (Å²) in [4.78, 5) is 19.9.